The van der Waals surface area contributed by atoms with Crippen LogP contribution in [0.1, 0.15) is 6.92 Å². The maximum absolute atomic E-state index is 12.5. The third-order valence-electron chi connectivity index (χ3n) is 3.27. The Labute approximate surface area is 159 Å². The number of thioether (sulfide) groups is 1. The van der Waals surface area contributed by atoms with E-state index in [1.54, 1.807) is 18.2 Å². The predicted octanol–water partition coefficient (Wildman–Crippen LogP) is 4.69. The van der Waals surface area contributed by atoms with E-state index in [1.807, 2.05) is 37.3 Å². The molecule has 1 aliphatic rings. The highest BCUT2D eigenvalue weighted by Gasteiger charge is 2.21. The second-order valence-electron chi connectivity index (χ2n) is 5.14. The number of benzene rings is 2. The lowest BCUT2D eigenvalue weighted by Gasteiger charge is -2.21. The third-order valence-corrected chi connectivity index (χ3v) is 5.09. The van der Waals surface area contributed by atoms with Crippen LogP contribution in [0.4, 0.5) is 11.4 Å². The highest BCUT2D eigenvalue weighted by Crippen LogP contribution is 2.29. The zero-order chi connectivity index (χ0) is 17.8. The SMILES string of the molecule is CC1=C(C(=O)Nc2ccccc2)SC(=Nc2ccc(Cl)c(Cl)c2)NN1. The van der Waals surface area contributed by atoms with Gasteiger partial charge in [0.15, 0.2) is 5.17 Å². The van der Waals surface area contributed by atoms with Crippen LogP contribution in [0.25, 0.3) is 0 Å². The second-order valence-corrected chi connectivity index (χ2v) is 6.96. The quantitative estimate of drug-likeness (QED) is 0.708. The van der Waals surface area contributed by atoms with E-state index >= 15 is 0 Å². The molecule has 0 saturated carbocycles. The molecule has 1 amide bonds. The van der Waals surface area contributed by atoms with Crippen molar-refractivity contribution in [1.82, 2.24) is 10.9 Å². The Morgan fingerprint density at radius 2 is 1.84 bits per heavy atom. The zero-order valence-electron chi connectivity index (χ0n) is 13.1. The van der Waals surface area contributed by atoms with Gasteiger partial charge in [-0.05, 0) is 49.0 Å². The van der Waals surface area contributed by atoms with Crippen molar-refractivity contribution >= 4 is 57.4 Å². The van der Waals surface area contributed by atoms with Gasteiger partial charge in [-0.1, -0.05) is 41.4 Å². The Balaban J connectivity index is 1.77. The molecule has 5 nitrogen and oxygen atoms in total. The number of hydrogen-bond donors (Lipinski definition) is 3. The van der Waals surface area contributed by atoms with Crippen molar-refractivity contribution in [2.75, 3.05) is 5.32 Å². The molecule has 0 saturated heterocycles. The van der Waals surface area contributed by atoms with Crippen LogP contribution in [0.2, 0.25) is 10.0 Å². The third kappa shape index (κ3) is 4.48. The molecule has 1 aliphatic heterocycles. The summed E-state index contributed by atoms with van der Waals surface area (Å²) in [4.78, 5) is 17.5. The van der Waals surface area contributed by atoms with Crippen LogP contribution in [0.5, 0.6) is 0 Å². The Bertz CT molecular complexity index is 868. The van der Waals surface area contributed by atoms with E-state index in [-0.39, 0.29) is 5.91 Å². The van der Waals surface area contributed by atoms with Gasteiger partial charge in [-0.15, -0.1) is 0 Å². The Morgan fingerprint density at radius 3 is 2.56 bits per heavy atom. The summed E-state index contributed by atoms with van der Waals surface area (Å²) in [7, 11) is 0. The molecule has 2 aromatic carbocycles. The normalized spacial score (nSPS) is 15.6. The summed E-state index contributed by atoms with van der Waals surface area (Å²) in [5.74, 6) is -0.204. The Kier molecular flexibility index (Phi) is 5.53. The number of para-hydroxylation sites is 1. The number of carbonyl (C=O) groups is 1. The summed E-state index contributed by atoms with van der Waals surface area (Å²) in [6.45, 7) is 1.82. The summed E-state index contributed by atoms with van der Waals surface area (Å²) < 4.78 is 0. The first kappa shape index (κ1) is 17.7. The Morgan fingerprint density at radius 1 is 1.08 bits per heavy atom. The molecule has 0 aliphatic carbocycles. The molecule has 25 heavy (non-hydrogen) atoms. The fourth-order valence-electron chi connectivity index (χ4n) is 2.05. The van der Waals surface area contributed by atoms with E-state index < -0.39 is 0 Å². The van der Waals surface area contributed by atoms with Crippen LogP contribution in [0.3, 0.4) is 0 Å². The summed E-state index contributed by atoms with van der Waals surface area (Å²) >= 11 is 13.2. The van der Waals surface area contributed by atoms with Crippen LogP contribution in [0.15, 0.2) is 64.1 Å². The van der Waals surface area contributed by atoms with Gasteiger partial charge in [0.25, 0.3) is 5.91 Å². The fraction of sp³-hybridized carbons (Fsp3) is 0.0588. The minimum Gasteiger partial charge on any atom is -0.321 e. The van der Waals surface area contributed by atoms with Gasteiger partial charge in [0.05, 0.1) is 15.7 Å². The van der Waals surface area contributed by atoms with E-state index in [4.69, 9.17) is 23.2 Å². The maximum atomic E-state index is 12.5. The van der Waals surface area contributed by atoms with Gasteiger partial charge in [-0.25, -0.2) is 4.99 Å². The summed E-state index contributed by atoms with van der Waals surface area (Å²) in [5.41, 5.74) is 7.98. The molecule has 0 radical (unpaired) electrons. The number of hydrazine groups is 1. The van der Waals surface area contributed by atoms with Crippen molar-refractivity contribution in [3.8, 4) is 0 Å². The molecular formula is C17H14Cl2N4OS. The van der Waals surface area contributed by atoms with Gasteiger partial charge in [0.1, 0.15) is 4.91 Å². The minimum atomic E-state index is -0.204. The van der Waals surface area contributed by atoms with Crippen LogP contribution in [-0.4, -0.2) is 11.1 Å². The number of rotatable bonds is 3. The fourth-order valence-corrected chi connectivity index (χ4v) is 3.14. The number of nitrogens with one attached hydrogen (secondary N) is 3. The van der Waals surface area contributed by atoms with Gasteiger partial charge >= 0.3 is 0 Å². The van der Waals surface area contributed by atoms with Crippen LogP contribution >= 0.6 is 35.0 Å². The van der Waals surface area contributed by atoms with Crippen LogP contribution in [0, 0.1) is 0 Å². The lowest BCUT2D eigenvalue weighted by Crippen LogP contribution is -2.40. The van der Waals surface area contributed by atoms with Crippen molar-refractivity contribution in [3.05, 3.63) is 69.2 Å². The molecule has 0 unspecified atom stereocenters. The summed E-state index contributed by atoms with van der Waals surface area (Å²) in [6, 6.07) is 14.4. The number of carbonyl (C=O) groups excluding carboxylic acids is 1. The number of aliphatic imine (C=N–C) groups is 1. The maximum Gasteiger partial charge on any atom is 0.264 e. The molecule has 0 atom stereocenters. The average molecular weight is 393 g/mol. The van der Waals surface area contributed by atoms with Gasteiger partial charge in [0.2, 0.25) is 0 Å². The first-order valence-corrected chi connectivity index (χ1v) is 8.91. The molecule has 0 bridgehead atoms. The highest BCUT2D eigenvalue weighted by atomic mass is 35.5. The predicted molar refractivity (Wildman–Crippen MR) is 105 cm³/mol. The molecule has 2 aromatic rings. The molecule has 0 spiro atoms. The lowest BCUT2D eigenvalue weighted by atomic mass is 10.3. The van der Waals surface area contributed by atoms with Crippen LogP contribution < -0.4 is 16.2 Å². The molecule has 0 fully saturated rings. The van der Waals surface area contributed by atoms with Crippen LogP contribution in [-0.2, 0) is 4.79 Å². The standard InChI is InChI=1S/C17H14Cl2N4OS/c1-10-15(16(24)20-11-5-3-2-4-6-11)25-17(23-22-10)21-12-7-8-13(18)14(19)9-12/h2-9,22H,1H3,(H,20,24)(H,21,23). The van der Waals surface area contributed by atoms with E-state index in [0.717, 1.165) is 5.69 Å². The summed E-state index contributed by atoms with van der Waals surface area (Å²) in [6.07, 6.45) is 0. The van der Waals surface area contributed by atoms with Crippen molar-refractivity contribution in [2.24, 2.45) is 4.99 Å². The van der Waals surface area contributed by atoms with Crippen molar-refractivity contribution in [2.45, 2.75) is 6.92 Å². The number of nitrogens with zero attached hydrogens (tertiary/aromatic N) is 1. The number of hydrogen-bond acceptors (Lipinski definition) is 4. The highest BCUT2D eigenvalue weighted by molar-refractivity contribution is 8.18. The smallest absolute Gasteiger partial charge is 0.264 e. The number of allylic oxidation sites excluding steroid dienone is 1. The van der Waals surface area contributed by atoms with E-state index in [2.05, 4.69) is 21.2 Å². The number of anilines is 1. The van der Waals surface area contributed by atoms with Crippen molar-refractivity contribution < 1.29 is 4.79 Å². The first-order chi connectivity index (χ1) is 12.0. The van der Waals surface area contributed by atoms with E-state index in [9.17, 15) is 4.79 Å². The molecule has 3 N–H and O–H groups in total. The van der Waals surface area contributed by atoms with Crippen molar-refractivity contribution in [3.63, 3.8) is 0 Å². The first-order valence-electron chi connectivity index (χ1n) is 7.34. The second kappa shape index (κ2) is 7.82. The van der Waals surface area contributed by atoms with Gasteiger partial charge in [0, 0.05) is 11.4 Å². The Hall–Kier alpha value is -2.15. The number of amidine groups is 1. The number of amides is 1. The molecular weight excluding hydrogens is 379 g/mol. The largest absolute Gasteiger partial charge is 0.321 e. The molecule has 8 heteroatoms. The van der Waals surface area contributed by atoms with Gasteiger partial charge in [-0.2, -0.15) is 0 Å². The van der Waals surface area contributed by atoms with Gasteiger partial charge < -0.3 is 10.7 Å². The average Bonchev–Trinajstić information content (AvgIpc) is 2.60. The summed E-state index contributed by atoms with van der Waals surface area (Å²) in [5, 5.41) is 4.28. The van der Waals surface area contributed by atoms with E-state index in [0.29, 0.717) is 31.5 Å². The zero-order valence-corrected chi connectivity index (χ0v) is 15.5. The monoisotopic (exact) mass is 392 g/mol. The molecule has 128 valence electrons. The van der Waals surface area contributed by atoms with Crippen molar-refractivity contribution in [1.29, 1.82) is 0 Å². The lowest BCUT2D eigenvalue weighted by molar-refractivity contribution is -0.112. The molecule has 1 heterocycles. The molecule has 3 rings (SSSR count). The molecule has 0 aromatic heterocycles. The minimum absolute atomic E-state index is 0.204. The van der Waals surface area contributed by atoms with E-state index in [1.165, 1.54) is 11.8 Å². The van der Waals surface area contributed by atoms with Gasteiger partial charge in [-0.3, -0.25) is 10.2 Å². The number of halogens is 2. The topological polar surface area (TPSA) is 65.5 Å².